The van der Waals surface area contributed by atoms with Crippen molar-refractivity contribution in [3.63, 3.8) is 0 Å². The van der Waals surface area contributed by atoms with Crippen LogP contribution in [0.5, 0.6) is 0 Å². The van der Waals surface area contributed by atoms with Gasteiger partial charge >= 0.3 is 0 Å². The van der Waals surface area contributed by atoms with Crippen molar-refractivity contribution in [1.82, 2.24) is 19.9 Å². The van der Waals surface area contributed by atoms with E-state index in [-0.39, 0.29) is 17.6 Å². The van der Waals surface area contributed by atoms with Crippen molar-refractivity contribution in [3.05, 3.63) is 60.2 Å². The molecule has 152 valence electrons. The van der Waals surface area contributed by atoms with Gasteiger partial charge in [0.05, 0.1) is 0 Å². The van der Waals surface area contributed by atoms with E-state index in [1.165, 1.54) is 24.3 Å². The van der Waals surface area contributed by atoms with Crippen molar-refractivity contribution in [3.8, 4) is 11.4 Å². The zero-order valence-electron chi connectivity index (χ0n) is 16.0. The molecular formula is C21H19F2N7. The number of rotatable bonds is 3. The summed E-state index contributed by atoms with van der Waals surface area (Å²) >= 11 is 0. The predicted octanol–water partition coefficient (Wildman–Crippen LogP) is 3.21. The summed E-state index contributed by atoms with van der Waals surface area (Å²) in [5.41, 5.74) is 8.84. The third-order valence-corrected chi connectivity index (χ3v) is 5.23. The lowest BCUT2D eigenvalue weighted by atomic mass is 10.2. The SMILES string of the molecule is Nc1nc(N2CCN(c3ccc(F)cc3)CC2)c2nc(-c3ccc(F)cc3)[nH]c2n1. The molecule has 0 aliphatic carbocycles. The minimum Gasteiger partial charge on any atom is -0.368 e. The monoisotopic (exact) mass is 407 g/mol. The Balaban J connectivity index is 1.43. The van der Waals surface area contributed by atoms with Gasteiger partial charge in [0.15, 0.2) is 17.0 Å². The number of piperazine rings is 1. The fraction of sp³-hybridized carbons (Fsp3) is 0.190. The highest BCUT2D eigenvalue weighted by molar-refractivity contribution is 5.87. The summed E-state index contributed by atoms with van der Waals surface area (Å²) in [6, 6.07) is 12.6. The standard InChI is InChI=1S/C21H19F2N7/c22-14-3-1-13(2-4-14)18-25-17-19(26-18)27-21(24)28-20(17)30-11-9-29(10-12-30)16-7-5-15(23)6-8-16/h1-8H,9-12H2,(H3,24,25,26,27,28). The number of nitrogen functional groups attached to an aromatic ring is 1. The molecule has 3 heterocycles. The number of H-pyrrole nitrogens is 1. The van der Waals surface area contributed by atoms with E-state index in [1.54, 1.807) is 24.3 Å². The van der Waals surface area contributed by atoms with E-state index in [1.807, 2.05) is 0 Å². The zero-order valence-corrected chi connectivity index (χ0v) is 16.0. The number of aromatic amines is 1. The van der Waals surface area contributed by atoms with Crippen LogP contribution in [0.15, 0.2) is 48.5 Å². The van der Waals surface area contributed by atoms with Gasteiger partial charge in [0.2, 0.25) is 5.95 Å². The van der Waals surface area contributed by atoms with Gasteiger partial charge in [-0.1, -0.05) is 0 Å². The van der Waals surface area contributed by atoms with E-state index in [2.05, 4.69) is 29.7 Å². The highest BCUT2D eigenvalue weighted by Crippen LogP contribution is 2.28. The molecule has 30 heavy (non-hydrogen) atoms. The van der Waals surface area contributed by atoms with Crippen molar-refractivity contribution >= 4 is 28.6 Å². The minimum atomic E-state index is -0.307. The highest BCUT2D eigenvalue weighted by atomic mass is 19.1. The average molecular weight is 407 g/mol. The predicted molar refractivity (Wildman–Crippen MR) is 112 cm³/mol. The summed E-state index contributed by atoms with van der Waals surface area (Å²) in [6.07, 6.45) is 0. The molecule has 2 aromatic heterocycles. The van der Waals surface area contributed by atoms with Crippen LogP contribution in [0.3, 0.4) is 0 Å². The van der Waals surface area contributed by atoms with E-state index in [0.717, 1.165) is 24.3 Å². The molecule has 1 aliphatic heterocycles. The van der Waals surface area contributed by atoms with Crippen molar-refractivity contribution in [2.24, 2.45) is 0 Å². The maximum Gasteiger partial charge on any atom is 0.224 e. The number of halogens is 2. The molecule has 0 unspecified atom stereocenters. The summed E-state index contributed by atoms with van der Waals surface area (Å²) in [7, 11) is 0. The van der Waals surface area contributed by atoms with Crippen LogP contribution < -0.4 is 15.5 Å². The van der Waals surface area contributed by atoms with Crippen molar-refractivity contribution < 1.29 is 8.78 Å². The minimum absolute atomic E-state index is 0.160. The van der Waals surface area contributed by atoms with Crippen LogP contribution in [0, 0.1) is 11.6 Å². The zero-order chi connectivity index (χ0) is 20.7. The first kappa shape index (κ1) is 18.3. The molecule has 5 rings (SSSR count). The molecule has 0 amide bonds. The van der Waals surface area contributed by atoms with Gasteiger partial charge in [-0.3, -0.25) is 0 Å². The van der Waals surface area contributed by atoms with Crippen LogP contribution >= 0.6 is 0 Å². The van der Waals surface area contributed by atoms with Gasteiger partial charge in [-0.15, -0.1) is 0 Å². The van der Waals surface area contributed by atoms with Crippen molar-refractivity contribution in [2.45, 2.75) is 0 Å². The smallest absolute Gasteiger partial charge is 0.224 e. The van der Waals surface area contributed by atoms with Crippen LogP contribution in [0.25, 0.3) is 22.6 Å². The molecule has 4 aromatic rings. The molecule has 0 atom stereocenters. The largest absolute Gasteiger partial charge is 0.368 e. The number of nitrogens with zero attached hydrogens (tertiary/aromatic N) is 5. The van der Waals surface area contributed by atoms with Crippen LogP contribution in [-0.4, -0.2) is 46.1 Å². The molecule has 0 bridgehead atoms. The number of nitrogens with one attached hydrogen (secondary N) is 1. The summed E-state index contributed by atoms with van der Waals surface area (Å²) in [5, 5.41) is 0. The third kappa shape index (κ3) is 3.38. The Hall–Kier alpha value is -3.75. The Bertz CT molecular complexity index is 1180. The normalized spacial score (nSPS) is 14.5. The lowest BCUT2D eigenvalue weighted by molar-refractivity contribution is 0.624. The van der Waals surface area contributed by atoms with Gasteiger partial charge in [0.1, 0.15) is 17.5 Å². The van der Waals surface area contributed by atoms with E-state index in [4.69, 9.17) is 5.73 Å². The van der Waals surface area contributed by atoms with Crippen LogP contribution in [0.2, 0.25) is 0 Å². The van der Waals surface area contributed by atoms with Crippen LogP contribution in [0.1, 0.15) is 0 Å². The molecule has 7 nitrogen and oxygen atoms in total. The molecule has 1 fully saturated rings. The van der Waals surface area contributed by atoms with E-state index in [0.29, 0.717) is 35.9 Å². The average Bonchev–Trinajstić information content (AvgIpc) is 3.18. The fourth-order valence-electron chi connectivity index (χ4n) is 3.70. The fourth-order valence-corrected chi connectivity index (χ4v) is 3.70. The molecule has 0 spiro atoms. The molecule has 9 heteroatoms. The van der Waals surface area contributed by atoms with Crippen LogP contribution in [-0.2, 0) is 0 Å². The molecule has 0 radical (unpaired) electrons. The number of aromatic nitrogens is 4. The van der Waals surface area contributed by atoms with Gasteiger partial charge in [0, 0.05) is 37.4 Å². The van der Waals surface area contributed by atoms with Gasteiger partial charge in [-0.2, -0.15) is 9.97 Å². The van der Waals surface area contributed by atoms with Gasteiger partial charge < -0.3 is 20.5 Å². The lowest BCUT2D eigenvalue weighted by Crippen LogP contribution is -2.47. The Morgan fingerprint density at radius 1 is 0.767 bits per heavy atom. The first-order chi connectivity index (χ1) is 14.6. The molecule has 1 saturated heterocycles. The molecule has 0 saturated carbocycles. The molecule has 1 aliphatic rings. The number of benzene rings is 2. The topological polar surface area (TPSA) is 87.0 Å². The number of nitrogens with two attached hydrogens (primary N) is 1. The Morgan fingerprint density at radius 3 is 2.03 bits per heavy atom. The second-order valence-electron chi connectivity index (χ2n) is 7.15. The van der Waals surface area contributed by atoms with Gasteiger partial charge in [-0.25, -0.2) is 13.8 Å². The van der Waals surface area contributed by atoms with Crippen LogP contribution in [0.4, 0.5) is 26.2 Å². The number of imidazole rings is 1. The maximum atomic E-state index is 13.2. The van der Waals surface area contributed by atoms with Gasteiger partial charge in [-0.05, 0) is 48.5 Å². The molecule has 2 aromatic carbocycles. The third-order valence-electron chi connectivity index (χ3n) is 5.23. The van der Waals surface area contributed by atoms with E-state index in [9.17, 15) is 8.78 Å². The van der Waals surface area contributed by atoms with Gasteiger partial charge in [0.25, 0.3) is 0 Å². The highest BCUT2D eigenvalue weighted by Gasteiger charge is 2.23. The summed E-state index contributed by atoms with van der Waals surface area (Å²) in [4.78, 5) is 20.8. The Labute approximate surface area is 171 Å². The Kier molecular flexibility index (Phi) is 4.42. The molecular weight excluding hydrogens is 388 g/mol. The van der Waals surface area contributed by atoms with Crippen molar-refractivity contribution in [1.29, 1.82) is 0 Å². The number of fused-ring (bicyclic) bond motifs is 1. The number of anilines is 3. The number of hydrogen-bond donors (Lipinski definition) is 2. The molecule has 3 N–H and O–H groups in total. The summed E-state index contributed by atoms with van der Waals surface area (Å²) < 4.78 is 26.4. The second kappa shape index (κ2) is 7.25. The first-order valence-corrected chi connectivity index (χ1v) is 9.61. The summed E-state index contributed by atoms with van der Waals surface area (Å²) in [5.74, 6) is 0.857. The first-order valence-electron chi connectivity index (χ1n) is 9.61. The van der Waals surface area contributed by atoms with E-state index >= 15 is 0 Å². The van der Waals surface area contributed by atoms with Crippen molar-refractivity contribution in [2.75, 3.05) is 41.7 Å². The quantitative estimate of drug-likeness (QED) is 0.542. The Morgan fingerprint density at radius 2 is 1.37 bits per heavy atom. The van der Waals surface area contributed by atoms with E-state index < -0.39 is 0 Å². The second-order valence-corrected chi connectivity index (χ2v) is 7.15. The number of hydrogen-bond acceptors (Lipinski definition) is 6. The summed E-state index contributed by atoms with van der Waals surface area (Å²) in [6.45, 7) is 2.93. The maximum absolute atomic E-state index is 13.2. The lowest BCUT2D eigenvalue weighted by Gasteiger charge is -2.36.